The molecule has 0 aliphatic heterocycles. The maximum Gasteiger partial charge on any atom is 0.0333 e. The van der Waals surface area contributed by atoms with Crippen molar-refractivity contribution in [1.82, 2.24) is 5.32 Å². The van der Waals surface area contributed by atoms with Crippen LogP contribution in [0.2, 0.25) is 0 Å². The van der Waals surface area contributed by atoms with Crippen molar-refractivity contribution in [2.45, 2.75) is 32.2 Å². The van der Waals surface area contributed by atoms with Crippen molar-refractivity contribution < 1.29 is 0 Å². The van der Waals surface area contributed by atoms with Gasteiger partial charge in [0.2, 0.25) is 0 Å². The molecule has 1 atom stereocenters. The minimum absolute atomic E-state index is 0.464. The summed E-state index contributed by atoms with van der Waals surface area (Å²) in [4.78, 5) is 0. The molecule has 2 heteroatoms. The lowest BCUT2D eigenvalue weighted by atomic mass is 10.0. The Morgan fingerprint density at radius 2 is 2.19 bits per heavy atom. The van der Waals surface area contributed by atoms with Gasteiger partial charge in [-0.05, 0) is 60.0 Å². The SMILES string of the molecule is C=CCCC(NCCC)c1ccccc1I. The number of halogens is 1. The monoisotopic (exact) mass is 329 g/mol. The number of allylic oxidation sites excluding steroid dienone is 1. The van der Waals surface area contributed by atoms with Crippen molar-refractivity contribution in [3.8, 4) is 0 Å². The number of nitrogens with one attached hydrogen (secondary N) is 1. The molecule has 88 valence electrons. The highest BCUT2D eigenvalue weighted by molar-refractivity contribution is 14.1. The lowest BCUT2D eigenvalue weighted by Gasteiger charge is -2.19. The standard InChI is InChI=1S/C14H20IN/c1-3-5-10-14(16-11-4-2)12-8-6-7-9-13(12)15/h3,6-9,14,16H,1,4-5,10-11H2,2H3. The van der Waals surface area contributed by atoms with Crippen LogP contribution in [0.1, 0.15) is 37.8 Å². The number of hydrogen-bond acceptors (Lipinski definition) is 1. The van der Waals surface area contributed by atoms with E-state index in [4.69, 9.17) is 0 Å². The highest BCUT2D eigenvalue weighted by Gasteiger charge is 2.11. The molecule has 0 saturated heterocycles. The first-order valence-electron chi connectivity index (χ1n) is 5.88. The Kier molecular flexibility index (Phi) is 6.73. The number of benzene rings is 1. The van der Waals surface area contributed by atoms with E-state index in [9.17, 15) is 0 Å². The van der Waals surface area contributed by atoms with E-state index < -0.39 is 0 Å². The van der Waals surface area contributed by atoms with Gasteiger partial charge in [-0.3, -0.25) is 0 Å². The smallest absolute Gasteiger partial charge is 0.0333 e. The van der Waals surface area contributed by atoms with Crippen LogP contribution in [0.3, 0.4) is 0 Å². The zero-order valence-corrected chi connectivity index (χ0v) is 12.0. The molecule has 0 spiro atoms. The second-order valence-corrected chi connectivity index (χ2v) is 5.06. The molecule has 0 aromatic heterocycles. The molecule has 0 amide bonds. The van der Waals surface area contributed by atoms with E-state index in [0.717, 1.165) is 19.4 Å². The van der Waals surface area contributed by atoms with Crippen molar-refractivity contribution in [3.05, 3.63) is 46.1 Å². The van der Waals surface area contributed by atoms with Crippen LogP contribution in [-0.2, 0) is 0 Å². The van der Waals surface area contributed by atoms with Crippen LogP contribution in [0.25, 0.3) is 0 Å². The summed E-state index contributed by atoms with van der Waals surface area (Å²) in [6.45, 7) is 7.08. The quantitative estimate of drug-likeness (QED) is 0.581. The zero-order chi connectivity index (χ0) is 11.8. The van der Waals surface area contributed by atoms with Gasteiger partial charge in [-0.2, -0.15) is 0 Å². The molecule has 0 heterocycles. The highest BCUT2D eigenvalue weighted by Crippen LogP contribution is 2.23. The average molecular weight is 329 g/mol. The fourth-order valence-electron chi connectivity index (χ4n) is 1.73. The van der Waals surface area contributed by atoms with E-state index in [1.54, 1.807) is 0 Å². The molecule has 0 aliphatic carbocycles. The molecule has 1 aromatic carbocycles. The van der Waals surface area contributed by atoms with E-state index in [-0.39, 0.29) is 0 Å². The summed E-state index contributed by atoms with van der Waals surface area (Å²) in [6.07, 6.45) is 5.36. The van der Waals surface area contributed by atoms with Gasteiger partial charge in [-0.25, -0.2) is 0 Å². The predicted molar refractivity (Wildman–Crippen MR) is 79.6 cm³/mol. The van der Waals surface area contributed by atoms with E-state index in [2.05, 4.69) is 65.7 Å². The Bertz CT molecular complexity index is 322. The predicted octanol–water partition coefficient (Wildman–Crippen LogP) is 4.30. The molecule has 0 saturated carbocycles. The van der Waals surface area contributed by atoms with Gasteiger partial charge in [0.05, 0.1) is 0 Å². The molecule has 0 fully saturated rings. The Morgan fingerprint density at radius 3 is 2.81 bits per heavy atom. The summed E-state index contributed by atoms with van der Waals surface area (Å²) in [7, 11) is 0. The van der Waals surface area contributed by atoms with Crippen LogP contribution in [0.4, 0.5) is 0 Å². The van der Waals surface area contributed by atoms with Crippen LogP contribution >= 0.6 is 22.6 Å². The second-order valence-electron chi connectivity index (χ2n) is 3.89. The third-order valence-corrected chi connectivity index (χ3v) is 3.56. The van der Waals surface area contributed by atoms with E-state index >= 15 is 0 Å². The fourth-order valence-corrected chi connectivity index (χ4v) is 2.49. The third-order valence-electron chi connectivity index (χ3n) is 2.58. The third kappa shape index (κ3) is 4.26. The number of rotatable bonds is 7. The maximum absolute atomic E-state index is 3.80. The van der Waals surface area contributed by atoms with Gasteiger partial charge >= 0.3 is 0 Å². The highest BCUT2D eigenvalue weighted by atomic mass is 127. The molecule has 1 nitrogen and oxygen atoms in total. The van der Waals surface area contributed by atoms with Crippen molar-refractivity contribution >= 4 is 22.6 Å². The van der Waals surface area contributed by atoms with Gasteiger partial charge in [-0.1, -0.05) is 31.2 Å². The summed E-state index contributed by atoms with van der Waals surface area (Å²) in [5.74, 6) is 0. The first-order chi connectivity index (χ1) is 7.79. The Balaban J connectivity index is 2.74. The van der Waals surface area contributed by atoms with Crippen molar-refractivity contribution in [3.63, 3.8) is 0 Å². The molecule has 0 radical (unpaired) electrons. The van der Waals surface area contributed by atoms with E-state index in [0.29, 0.717) is 6.04 Å². The van der Waals surface area contributed by atoms with Gasteiger partial charge in [0.1, 0.15) is 0 Å². The Morgan fingerprint density at radius 1 is 1.44 bits per heavy atom. The molecule has 16 heavy (non-hydrogen) atoms. The molecule has 1 rings (SSSR count). The first-order valence-corrected chi connectivity index (χ1v) is 6.96. The van der Waals surface area contributed by atoms with Gasteiger partial charge in [0.25, 0.3) is 0 Å². The lowest BCUT2D eigenvalue weighted by molar-refractivity contribution is 0.501. The normalized spacial score (nSPS) is 12.4. The lowest BCUT2D eigenvalue weighted by Crippen LogP contribution is -2.22. The summed E-state index contributed by atoms with van der Waals surface area (Å²) >= 11 is 2.41. The van der Waals surface area contributed by atoms with Crippen molar-refractivity contribution in [2.75, 3.05) is 6.54 Å². The largest absolute Gasteiger partial charge is 0.310 e. The molecular weight excluding hydrogens is 309 g/mol. The minimum atomic E-state index is 0.464. The Hall–Kier alpha value is -0.350. The summed E-state index contributed by atoms with van der Waals surface area (Å²) in [5, 5.41) is 3.61. The van der Waals surface area contributed by atoms with Gasteiger partial charge in [0, 0.05) is 9.61 Å². The molecule has 1 N–H and O–H groups in total. The van der Waals surface area contributed by atoms with Crippen LogP contribution in [0, 0.1) is 3.57 Å². The first kappa shape index (κ1) is 13.7. The van der Waals surface area contributed by atoms with Crippen LogP contribution in [-0.4, -0.2) is 6.54 Å². The average Bonchev–Trinajstić information content (AvgIpc) is 2.31. The van der Waals surface area contributed by atoms with Crippen molar-refractivity contribution in [1.29, 1.82) is 0 Å². The maximum atomic E-state index is 3.80. The molecule has 1 unspecified atom stereocenters. The summed E-state index contributed by atoms with van der Waals surface area (Å²) in [6, 6.07) is 9.07. The van der Waals surface area contributed by atoms with Crippen LogP contribution in [0.5, 0.6) is 0 Å². The topological polar surface area (TPSA) is 12.0 Å². The van der Waals surface area contributed by atoms with Crippen LogP contribution in [0.15, 0.2) is 36.9 Å². The number of hydrogen-bond donors (Lipinski definition) is 1. The summed E-state index contributed by atoms with van der Waals surface area (Å²) < 4.78 is 1.35. The van der Waals surface area contributed by atoms with Crippen LogP contribution < -0.4 is 5.32 Å². The van der Waals surface area contributed by atoms with Crippen molar-refractivity contribution in [2.24, 2.45) is 0 Å². The fraction of sp³-hybridized carbons (Fsp3) is 0.429. The summed E-state index contributed by atoms with van der Waals surface area (Å²) in [5.41, 5.74) is 1.42. The molecule has 0 bridgehead atoms. The van der Waals surface area contributed by atoms with Gasteiger partial charge in [0.15, 0.2) is 0 Å². The van der Waals surface area contributed by atoms with Gasteiger partial charge < -0.3 is 5.32 Å². The van der Waals surface area contributed by atoms with E-state index in [1.165, 1.54) is 15.6 Å². The minimum Gasteiger partial charge on any atom is -0.310 e. The van der Waals surface area contributed by atoms with E-state index in [1.807, 2.05) is 6.08 Å². The van der Waals surface area contributed by atoms with Gasteiger partial charge in [-0.15, -0.1) is 6.58 Å². The second kappa shape index (κ2) is 7.85. The zero-order valence-electron chi connectivity index (χ0n) is 9.88. The molecular formula is C14H20IN. The molecule has 0 aliphatic rings. The molecule has 1 aromatic rings. The Labute approximate surface area is 112 Å².